The van der Waals surface area contributed by atoms with Crippen molar-refractivity contribution in [2.45, 2.75) is 25.8 Å². The fourth-order valence-electron chi connectivity index (χ4n) is 2.24. The first-order chi connectivity index (χ1) is 9.72. The highest BCUT2D eigenvalue weighted by atomic mass is 19.1. The van der Waals surface area contributed by atoms with E-state index in [-0.39, 0.29) is 18.5 Å². The molecule has 0 fully saturated rings. The van der Waals surface area contributed by atoms with Gasteiger partial charge in [0, 0.05) is 12.3 Å². The van der Waals surface area contributed by atoms with Crippen LogP contribution in [0.4, 0.5) is 10.1 Å². The van der Waals surface area contributed by atoms with Crippen LogP contribution in [0.25, 0.3) is 0 Å². The molecule has 0 heterocycles. The van der Waals surface area contributed by atoms with Gasteiger partial charge >= 0.3 is 0 Å². The molecule has 0 aliphatic rings. The molecule has 1 unspecified atom stereocenters. The van der Waals surface area contributed by atoms with Gasteiger partial charge in [-0.2, -0.15) is 0 Å². The predicted octanol–water partition coefficient (Wildman–Crippen LogP) is 3.92. The van der Waals surface area contributed by atoms with E-state index in [9.17, 15) is 4.39 Å². The Kier molecular flexibility index (Phi) is 5.13. The van der Waals surface area contributed by atoms with Crippen LogP contribution >= 0.6 is 0 Å². The molecule has 0 saturated carbocycles. The van der Waals surface area contributed by atoms with Crippen molar-refractivity contribution in [1.82, 2.24) is 0 Å². The van der Waals surface area contributed by atoms with Crippen molar-refractivity contribution in [3.63, 3.8) is 0 Å². The van der Waals surface area contributed by atoms with Crippen LogP contribution in [0.15, 0.2) is 48.5 Å². The molecule has 2 aromatic rings. The number of benzene rings is 2. The monoisotopic (exact) mass is 273 g/mol. The lowest BCUT2D eigenvalue weighted by Crippen LogP contribution is -2.09. The van der Waals surface area contributed by atoms with Crippen LogP contribution in [0.5, 0.6) is 0 Å². The number of nitrogens with one attached hydrogen (secondary N) is 1. The minimum absolute atomic E-state index is 0.0920. The molecule has 2 nitrogen and oxygen atoms in total. The lowest BCUT2D eigenvalue weighted by atomic mass is 10.0. The Balaban J connectivity index is 2.09. The summed E-state index contributed by atoms with van der Waals surface area (Å²) >= 11 is 0. The third kappa shape index (κ3) is 3.81. The van der Waals surface area contributed by atoms with Crippen molar-refractivity contribution in [2.24, 2.45) is 0 Å². The van der Waals surface area contributed by atoms with Crippen LogP contribution in [0.2, 0.25) is 0 Å². The van der Waals surface area contributed by atoms with Gasteiger partial charge in [-0.15, -0.1) is 0 Å². The summed E-state index contributed by atoms with van der Waals surface area (Å²) in [5.74, 6) is -0.207. The van der Waals surface area contributed by atoms with Crippen molar-refractivity contribution < 1.29 is 9.50 Å². The Bertz CT molecular complexity index is 539. The summed E-state index contributed by atoms with van der Waals surface area (Å²) in [6, 6.07) is 14.8. The maximum Gasteiger partial charge on any atom is 0.123 e. The number of rotatable bonds is 6. The van der Waals surface area contributed by atoms with Crippen molar-refractivity contribution in [3.05, 3.63) is 65.5 Å². The average molecular weight is 273 g/mol. The molecule has 0 amide bonds. The van der Waals surface area contributed by atoms with E-state index in [1.165, 1.54) is 6.07 Å². The summed E-state index contributed by atoms with van der Waals surface area (Å²) in [7, 11) is 0. The summed E-state index contributed by atoms with van der Waals surface area (Å²) in [6.45, 7) is 2.23. The maximum absolute atomic E-state index is 13.3. The lowest BCUT2D eigenvalue weighted by molar-refractivity contribution is 0.299. The van der Waals surface area contributed by atoms with Gasteiger partial charge in [-0.1, -0.05) is 31.2 Å². The minimum Gasteiger partial charge on any atom is -0.396 e. The van der Waals surface area contributed by atoms with Crippen LogP contribution in [0.3, 0.4) is 0 Å². The normalized spacial score (nSPS) is 12.2. The SMILES string of the molecule is CCC(Nc1ccc(CCO)cc1)c1cccc(F)c1. The van der Waals surface area contributed by atoms with Crippen LogP contribution < -0.4 is 5.32 Å². The summed E-state index contributed by atoms with van der Waals surface area (Å²) in [5.41, 5.74) is 3.06. The molecular weight excluding hydrogens is 253 g/mol. The third-order valence-electron chi connectivity index (χ3n) is 3.35. The summed E-state index contributed by atoms with van der Waals surface area (Å²) in [5, 5.41) is 12.3. The molecule has 1 atom stereocenters. The second-order valence-corrected chi connectivity index (χ2v) is 4.83. The number of aliphatic hydroxyl groups excluding tert-OH is 1. The van der Waals surface area contributed by atoms with E-state index in [4.69, 9.17) is 5.11 Å². The van der Waals surface area contributed by atoms with Gasteiger partial charge in [0.15, 0.2) is 0 Å². The molecular formula is C17H20FNO. The number of hydrogen-bond donors (Lipinski definition) is 2. The Morgan fingerprint density at radius 3 is 2.50 bits per heavy atom. The molecule has 0 aliphatic carbocycles. The molecule has 2 N–H and O–H groups in total. The van der Waals surface area contributed by atoms with Gasteiger partial charge < -0.3 is 10.4 Å². The van der Waals surface area contributed by atoms with Crippen molar-refractivity contribution in [3.8, 4) is 0 Å². The van der Waals surface area contributed by atoms with E-state index in [2.05, 4.69) is 12.2 Å². The Morgan fingerprint density at radius 1 is 1.15 bits per heavy atom. The Hall–Kier alpha value is -1.87. The molecule has 0 aliphatic heterocycles. The Labute approximate surface area is 119 Å². The first kappa shape index (κ1) is 14.5. The molecule has 0 radical (unpaired) electrons. The van der Waals surface area contributed by atoms with Gasteiger partial charge in [0.1, 0.15) is 5.82 Å². The van der Waals surface area contributed by atoms with E-state index >= 15 is 0 Å². The highest BCUT2D eigenvalue weighted by Gasteiger charge is 2.09. The van der Waals surface area contributed by atoms with Crippen molar-refractivity contribution in [2.75, 3.05) is 11.9 Å². The lowest BCUT2D eigenvalue weighted by Gasteiger charge is -2.19. The summed E-state index contributed by atoms with van der Waals surface area (Å²) in [6.07, 6.45) is 1.54. The fraction of sp³-hybridized carbons (Fsp3) is 0.294. The maximum atomic E-state index is 13.3. The molecule has 0 bridgehead atoms. The topological polar surface area (TPSA) is 32.3 Å². The van der Waals surface area contributed by atoms with E-state index in [0.29, 0.717) is 6.42 Å². The van der Waals surface area contributed by atoms with Crippen LogP contribution in [0, 0.1) is 5.82 Å². The van der Waals surface area contributed by atoms with Crippen LogP contribution in [-0.2, 0) is 6.42 Å². The first-order valence-electron chi connectivity index (χ1n) is 6.94. The minimum atomic E-state index is -0.207. The van der Waals surface area contributed by atoms with Crippen molar-refractivity contribution >= 4 is 5.69 Å². The summed E-state index contributed by atoms with van der Waals surface area (Å²) < 4.78 is 13.3. The van der Waals surface area contributed by atoms with Gasteiger partial charge in [-0.3, -0.25) is 0 Å². The van der Waals surface area contributed by atoms with E-state index in [1.54, 1.807) is 12.1 Å². The molecule has 106 valence electrons. The predicted molar refractivity (Wildman–Crippen MR) is 80.3 cm³/mol. The molecule has 20 heavy (non-hydrogen) atoms. The number of aliphatic hydroxyl groups is 1. The van der Waals surface area contributed by atoms with Gasteiger partial charge in [0.05, 0.1) is 6.04 Å². The molecule has 2 rings (SSSR count). The molecule has 0 aromatic heterocycles. The second kappa shape index (κ2) is 7.06. The van der Waals surface area contributed by atoms with E-state index in [1.807, 2.05) is 30.3 Å². The van der Waals surface area contributed by atoms with Gasteiger partial charge in [0.25, 0.3) is 0 Å². The zero-order chi connectivity index (χ0) is 14.4. The largest absolute Gasteiger partial charge is 0.396 e. The molecule has 2 aromatic carbocycles. The zero-order valence-corrected chi connectivity index (χ0v) is 11.6. The average Bonchev–Trinajstić information content (AvgIpc) is 2.47. The quantitative estimate of drug-likeness (QED) is 0.836. The Morgan fingerprint density at radius 2 is 1.90 bits per heavy atom. The standard InChI is InChI=1S/C17H20FNO/c1-2-17(14-4-3-5-15(18)12-14)19-16-8-6-13(7-9-16)10-11-20/h3-9,12,17,19-20H,2,10-11H2,1H3. The van der Waals surface area contributed by atoms with Crippen LogP contribution in [0.1, 0.15) is 30.5 Å². The van der Waals surface area contributed by atoms with Crippen LogP contribution in [-0.4, -0.2) is 11.7 Å². The molecule has 0 saturated heterocycles. The first-order valence-corrected chi connectivity index (χ1v) is 6.94. The third-order valence-corrected chi connectivity index (χ3v) is 3.35. The molecule has 3 heteroatoms. The van der Waals surface area contributed by atoms with E-state index in [0.717, 1.165) is 23.2 Å². The van der Waals surface area contributed by atoms with E-state index < -0.39 is 0 Å². The highest BCUT2D eigenvalue weighted by Crippen LogP contribution is 2.23. The second-order valence-electron chi connectivity index (χ2n) is 4.83. The smallest absolute Gasteiger partial charge is 0.123 e. The van der Waals surface area contributed by atoms with Crippen molar-refractivity contribution in [1.29, 1.82) is 0 Å². The van der Waals surface area contributed by atoms with Gasteiger partial charge in [0.2, 0.25) is 0 Å². The van der Waals surface area contributed by atoms with Gasteiger partial charge in [-0.05, 0) is 48.2 Å². The summed E-state index contributed by atoms with van der Waals surface area (Å²) in [4.78, 5) is 0. The zero-order valence-electron chi connectivity index (χ0n) is 11.6. The number of anilines is 1. The fourth-order valence-corrected chi connectivity index (χ4v) is 2.24. The molecule has 0 spiro atoms. The van der Waals surface area contributed by atoms with Gasteiger partial charge in [-0.25, -0.2) is 4.39 Å². The number of hydrogen-bond acceptors (Lipinski definition) is 2. The highest BCUT2D eigenvalue weighted by molar-refractivity contribution is 5.47. The number of halogens is 1.